The first-order valence-electron chi connectivity index (χ1n) is 7.28. The highest BCUT2D eigenvalue weighted by atomic mass is 16.4. The van der Waals surface area contributed by atoms with Gasteiger partial charge in [0.1, 0.15) is 0 Å². The summed E-state index contributed by atoms with van der Waals surface area (Å²) in [6.45, 7) is 1.51. The van der Waals surface area contributed by atoms with E-state index in [1.165, 1.54) is 19.3 Å². The molecule has 4 nitrogen and oxygen atoms in total. The van der Waals surface area contributed by atoms with Crippen molar-refractivity contribution >= 4 is 11.6 Å². The van der Waals surface area contributed by atoms with Gasteiger partial charge in [-0.3, -0.25) is 4.79 Å². The Morgan fingerprint density at radius 3 is 2.33 bits per heavy atom. The molecule has 4 atom stereocenters. The molecule has 2 bridgehead atoms. The summed E-state index contributed by atoms with van der Waals surface area (Å²) in [7, 11) is 0. The molecule has 1 heterocycles. The molecule has 1 aliphatic heterocycles. The number of hydrogen-bond acceptors (Lipinski definition) is 3. The average Bonchev–Trinajstić information content (AvgIpc) is 2.85. The van der Waals surface area contributed by atoms with Crippen molar-refractivity contribution in [2.24, 2.45) is 34.7 Å². The van der Waals surface area contributed by atoms with E-state index in [1.54, 1.807) is 0 Å². The van der Waals surface area contributed by atoms with E-state index >= 15 is 0 Å². The van der Waals surface area contributed by atoms with Crippen LogP contribution in [0.1, 0.15) is 32.1 Å². The number of oxime groups is 1. The maximum absolute atomic E-state index is 12.5. The molecule has 4 rings (SSSR count). The predicted octanol–water partition coefficient (Wildman–Crippen LogP) is 1.73. The van der Waals surface area contributed by atoms with E-state index < -0.39 is 0 Å². The fourth-order valence-corrected chi connectivity index (χ4v) is 4.95. The number of carbonyl (C=O) groups is 1. The lowest BCUT2D eigenvalue weighted by atomic mass is 10.0. The van der Waals surface area contributed by atoms with E-state index in [4.69, 9.17) is 5.21 Å². The van der Waals surface area contributed by atoms with Gasteiger partial charge < -0.3 is 10.1 Å². The minimum absolute atomic E-state index is 0.365. The summed E-state index contributed by atoms with van der Waals surface area (Å²) in [5, 5.41) is 12.0. The standard InChI is InChI=1S/C14H20N2O2/c17-14(16-5-3-10(15-18)4-6-16)13-11-8-1-2-9(7-8)12(11)13/h8-9,11-13,18H,1-7H2. The molecule has 0 aromatic carbocycles. The van der Waals surface area contributed by atoms with Gasteiger partial charge in [0, 0.05) is 31.8 Å². The maximum atomic E-state index is 12.5. The molecule has 4 heteroatoms. The van der Waals surface area contributed by atoms with E-state index in [-0.39, 0.29) is 0 Å². The van der Waals surface area contributed by atoms with Crippen LogP contribution in [0.25, 0.3) is 0 Å². The zero-order valence-electron chi connectivity index (χ0n) is 10.6. The van der Waals surface area contributed by atoms with Crippen molar-refractivity contribution < 1.29 is 10.0 Å². The molecule has 3 aliphatic carbocycles. The highest BCUT2D eigenvalue weighted by Gasteiger charge is 2.67. The fourth-order valence-electron chi connectivity index (χ4n) is 4.95. The second kappa shape index (κ2) is 3.72. The smallest absolute Gasteiger partial charge is 0.226 e. The Hall–Kier alpha value is -1.06. The van der Waals surface area contributed by atoms with Gasteiger partial charge >= 0.3 is 0 Å². The van der Waals surface area contributed by atoms with Gasteiger partial charge in [-0.2, -0.15) is 0 Å². The van der Waals surface area contributed by atoms with Crippen LogP contribution in [-0.4, -0.2) is 34.8 Å². The van der Waals surface area contributed by atoms with Crippen molar-refractivity contribution in [1.82, 2.24) is 4.90 Å². The first-order chi connectivity index (χ1) is 8.79. The summed E-state index contributed by atoms with van der Waals surface area (Å²) in [5.41, 5.74) is 0.843. The molecule has 0 aromatic rings. The lowest BCUT2D eigenvalue weighted by Gasteiger charge is -2.28. The number of nitrogens with zero attached hydrogens (tertiary/aromatic N) is 2. The molecular weight excluding hydrogens is 228 g/mol. The largest absolute Gasteiger partial charge is 0.411 e. The SMILES string of the molecule is O=C(C1C2C3CCC(C3)C12)N1CCC(=NO)CC1. The Balaban J connectivity index is 1.41. The molecule has 98 valence electrons. The van der Waals surface area contributed by atoms with Gasteiger partial charge in [-0.25, -0.2) is 0 Å². The van der Waals surface area contributed by atoms with Gasteiger partial charge in [0.15, 0.2) is 0 Å². The van der Waals surface area contributed by atoms with E-state index in [9.17, 15) is 4.79 Å². The molecular formula is C14H20N2O2. The minimum Gasteiger partial charge on any atom is -0.411 e. The Labute approximate surface area is 107 Å². The summed E-state index contributed by atoms with van der Waals surface area (Å²) < 4.78 is 0. The normalized spacial score (nSPS) is 45.0. The minimum atomic E-state index is 0.365. The zero-order chi connectivity index (χ0) is 12.3. The molecule has 4 fully saturated rings. The van der Waals surface area contributed by atoms with Crippen LogP contribution in [0.3, 0.4) is 0 Å². The molecule has 3 saturated carbocycles. The van der Waals surface area contributed by atoms with E-state index in [0.29, 0.717) is 11.8 Å². The van der Waals surface area contributed by atoms with Crippen LogP contribution >= 0.6 is 0 Å². The third-order valence-corrected chi connectivity index (χ3v) is 5.81. The molecule has 0 aromatic heterocycles. The number of amides is 1. The predicted molar refractivity (Wildman–Crippen MR) is 66.3 cm³/mol. The van der Waals surface area contributed by atoms with Crippen LogP contribution < -0.4 is 0 Å². The van der Waals surface area contributed by atoms with Crippen LogP contribution in [-0.2, 0) is 4.79 Å². The zero-order valence-corrected chi connectivity index (χ0v) is 10.6. The van der Waals surface area contributed by atoms with Crippen molar-refractivity contribution in [2.75, 3.05) is 13.1 Å². The highest BCUT2D eigenvalue weighted by molar-refractivity contribution is 5.88. The van der Waals surface area contributed by atoms with Crippen molar-refractivity contribution in [3.05, 3.63) is 0 Å². The van der Waals surface area contributed by atoms with Crippen molar-refractivity contribution in [3.8, 4) is 0 Å². The molecule has 18 heavy (non-hydrogen) atoms. The molecule has 4 unspecified atom stereocenters. The van der Waals surface area contributed by atoms with Crippen molar-refractivity contribution in [1.29, 1.82) is 0 Å². The van der Waals surface area contributed by atoms with Gasteiger partial charge in [-0.15, -0.1) is 0 Å². The second-order valence-corrected chi connectivity index (χ2v) is 6.51. The first kappa shape index (κ1) is 10.8. The Morgan fingerprint density at radius 1 is 1.17 bits per heavy atom. The monoisotopic (exact) mass is 248 g/mol. The van der Waals surface area contributed by atoms with Gasteiger partial charge in [0.2, 0.25) is 5.91 Å². The van der Waals surface area contributed by atoms with E-state index in [0.717, 1.165) is 55.3 Å². The average molecular weight is 248 g/mol. The second-order valence-electron chi connectivity index (χ2n) is 6.51. The number of likely N-dealkylation sites (tertiary alicyclic amines) is 1. The van der Waals surface area contributed by atoms with Gasteiger partial charge in [-0.1, -0.05) is 5.16 Å². The Morgan fingerprint density at radius 2 is 1.78 bits per heavy atom. The third-order valence-electron chi connectivity index (χ3n) is 5.81. The highest BCUT2D eigenvalue weighted by Crippen LogP contribution is 2.69. The lowest BCUT2D eigenvalue weighted by Crippen LogP contribution is -2.40. The van der Waals surface area contributed by atoms with Gasteiger partial charge in [0.05, 0.1) is 5.71 Å². The van der Waals surface area contributed by atoms with Crippen molar-refractivity contribution in [3.63, 3.8) is 0 Å². The molecule has 1 amide bonds. The van der Waals surface area contributed by atoms with Crippen LogP contribution in [0.2, 0.25) is 0 Å². The molecule has 4 aliphatic rings. The van der Waals surface area contributed by atoms with Crippen LogP contribution in [0.4, 0.5) is 0 Å². The summed E-state index contributed by atoms with van der Waals surface area (Å²) >= 11 is 0. The summed E-state index contributed by atoms with van der Waals surface area (Å²) in [6, 6.07) is 0. The summed E-state index contributed by atoms with van der Waals surface area (Å²) in [5.74, 6) is 3.98. The Bertz CT molecular complexity index is 394. The van der Waals surface area contributed by atoms with E-state index in [1.807, 2.05) is 4.90 Å². The van der Waals surface area contributed by atoms with Crippen molar-refractivity contribution in [2.45, 2.75) is 32.1 Å². The summed E-state index contributed by atoms with van der Waals surface area (Å²) in [6.07, 6.45) is 5.64. The molecule has 0 spiro atoms. The van der Waals surface area contributed by atoms with E-state index in [2.05, 4.69) is 5.16 Å². The number of rotatable bonds is 1. The topological polar surface area (TPSA) is 52.9 Å². The van der Waals surface area contributed by atoms with Gasteiger partial charge in [0.25, 0.3) is 0 Å². The molecule has 1 N–H and O–H groups in total. The first-order valence-corrected chi connectivity index (χ1v) is 7.28. The molecule has 1 saturated heterocycles. The Kier molecular flexibility index (Phi) is 2.24. The van der Waals surface area contributed by atoms with Crippen LogP contribution in [0.15, 0.2) is 5.16 Å². The summed E-state index contributed by atoms with van der Waals surface area (Å²) in [4.78, 5) is 14.5. The lowest BCUT2D eigenvalue weighted by molar-refractivity contribution is -0.133. The number of piperidine rings is 1. The van der Waals surface area contributed by atoms with Crippen LogP contribution in [0, 0.1) is 29.6 Å². The number of hydrogen-bond donors (Lipinski definition) is 1. The third kappa shape index (κ3) is 1.38. The number of fused-ring (bicyclic) bond motifs is 5. The maximum Gasteiger partial charge on any atom is 0.226 e. The molecule has 0 radical (unpaired) electrons. The quantitative estimate of drug-likeness (QED) is 0.567. The van der Waals surface area contributed by atoms with Crippen LogP contribution in [0.5, 0.6) is 0 Å². The van der Waals surface area contributed by atoms with Gasteiger partial charge in [-0.05, 0) is 42.9 Å². The number of carbonyl (C=O) groups excluding carboxylic acids is 1. The fraction of sp³-hybridized carbons (Fsp3) is 0.857.